The van der Waals surface area contributed by atoms with Gasteiger partial charge in [0.2, 0.25) is 5.89 Å². The first kappa shape index (κ1) is 17.3. The average Bonchev–Trinajstić information content (AvgIpc) is 3.24. The molecule has 5 aromatic carbocycles. The molecule has 0 fully saturated rings. The van der Waals surface area contributed by atoms with E-state index in [0.717, 1.165) is 49.0 Å². The quantitative estimate of drug-likeness (QED) is 0.272. The lowest BCUT2D eigenvalue weighted by molar-refractivity contribution is 0.623. The molecule has 2 nitrogen and oxygen atoms in total. The molecule has 0 saturated heterocycles. The standard InChI is InChI=1S/C27H16ClNO/c28-22-12-8-17(9-13-22)20-10-14-23-21(16-20)7-6-18-11-15-24-26(25(18)23)30-27(29-24)19-4-2-1-3-5-19/h1-16H. The van der Waals surface area contributed by atoms with Crippen molar-refractivity contribution in [2.75, 3.05) is 0 Å². The van der Waals surface area contributed by atoms with E-state index in [9.17, 15) is 0 Å². The van der Waals surface area contributed by atoms with Gasteiger partial charge in [0.25, 0.3) is 0 Å². The molecule has 6 rings (SSSR count). The van der Waals surface area contributed by atoms with E-state index in [4.69, 9.17) is 21.0 Å². The molecule has 0 N–H and O–H groups in total. The van der Waals surface area contributed by atoms with Crippen molar-refractivity contribution >= 4 is 44.2 Å². The van der Waals surface area contributed by atoms with E-state index in [1.54, 1.807) is 0 Å². The number of nitrogens with zero attached hydrogens (tertiary/aromatic N) is 1. The normalized spacial score (nSPS) is 11.5. The summed E-state index contributed by atoms with van der Waals surface area (Å²) in [6, 6.07) is 32.9. The van der Waals surface area contributed by atoms with Crippen molar-refractivity contribution in [1.29, 1.82) is 0 Å². The van der Waals surface area contributed by atoms with Crippen LogP contribution >= 0.6 is 11.6 Å². The number of benzene rings is 5. The minimum Gasteiger partial charge on any atom is -0.435 e. The monoisotopic (exact) mass is 405 g/mol. The van der Waals surface area contributed by atoms with Crippen LogP contribution in [0.15, 0.2) is 101 Å². The van der Waals surface area contributed by atoms with Gasteiger partial charge in [-0.05, 0) is 63.7 Å². The highest BCUT2D eigenvalue weighted by Crippen LogP contribution is 2.36. The Kier molecular flexibility index (Phi) is 3.87. The number of hydrogen-bond donors (Lipinski definition) is 0. The summed E-state index contributed by atoms with van der Waals surface area (Å²) in [5.41, 5.74) is 4.98. The minimum absolute atomic E-state index is 0.646. The van der Waals surface area contributed by atoms with Crippen LogP contribution in [0.2, 0.25) is 5.02 Å². The Balaban J connectivity index is 1.59. The fourth-order valence-electron chi connectivity index (χ4n) is 4.06. The van der Waals surface area contributed by atoms with E-state index >= 15 is 0 Å². The van der Waals surface area contributed by atoms with Gasteiger partial charge < -0.3 is 4.42 Å². The highest BCUT2D eigenvalue weighted by molar-refractivity contribution is 6.30. The van der Waals surface area contributed by atoms with E-state index in [-0.39, 0.29) is 0 Å². The molecule has 0 amide bonds. The van der Waals surface area contributed by atoms with Gasteiger partial charge in [0.05, 0.1) is 0 Å². The Bertz CT molecular complexity index is 1530. The lowest BCUT2D eigenvalue weighted by Gasteiger charge is -2.08. The van der Waals surface area contributed by atoms with Crippen molar-refractivity contribution in [3.8, 4) is 22.6 Å². The number of fused-ring (bicyclic) bond motifs is 5. The molecule has 0 atom stereocenters. The summed E-state index contributed by atoms with van der Waals surface area (Å²) < 4.78 is 6.28. The second kappa shape index (κ2) is 6.72. The largest absolute Gasteiger partial charge is 0.435 e. The van der Waals surface area contributed by atoms with Crippen LogP contribution < -0.4 is 0 Å². The molecule has 6 aromatic rings. The van der Waals surface area contributed by atoms with Gasteiger partial charge in [0.1, 0.15) is 5.52 Å². The van der Waals surface area contributed by atoms with E-state index in [1.165, 1.54) is 5.39 Å². The Morgan fingerprint density at radius 3 is 2.20 bits per heavy atom. The van der Waals surface area contributed by atoms with Crippen LogP contribution in [0.1, 0.15) is 0 Å². The summed E-state index contributed by atoms with van der Waals surface area (Å²) in [6.45, 7) is 0. The first-order valence-corrected chi connectivity index (χ1v) is 10.2. The summed E-state index contributed by atoms with van der Waals surface area (Å²) in [4.78, 5) is 4.73. The van der Waals surface area contributed by atoms with Gasteiger partial charge >= 0.3 is 0 Å². The molecule has 142 valence electrons. The number of oxazole rings is 1. The number of hydrogen-bond acceptors (Lipinski definition) is 2. The molecule has 0 bridgehead atoms. The molecule has 0 aliphatic rings. The molecule has 0 spiro atoms. The first-order valence-electron chi connectivity index (χ1n) is 9.84. The maximum Gasteiger partial charge on any atom is 0.227 e. The summed E-state index contributed by atoms with van der Waals surface area (Å²) >= 11 is 6.04. The summed E-state index contributed by atoms with van der Waals surface area (Å²) in [5, 5.41) is 5.31. The van der Waals surface area contributed by atoms with Crippen LogP contribution in [-0.4, -0.2) is 4.98 Å². The first-order chi connectivity index (χ1) is 14.8. The van der Waals surface area contributed by atoms with E-state index in [1.807, 2.05) is 60.7 Å². The fraction of sp³-hybridized carbons (Fsp3) is 0. The van der Waals surface area contributed by atoms with Crippen molar-refractivity contribution in [2.45, 2.75) is 0 Å². The topological polar surface area (TPSA) is 26.0 Å². The maximum atomic E-state index is 6.28. The van der Waals surface area contributed by atoms with Gasteiger partial charge in [-0.25, -0.2) is 4.98 Å². The van der Waals surface area contributed by atoms with Gasteiger partial charge in [-0.3, -0.25) is 0 Å². The number of rotatable bonds is 2. The molecule has 0 saturated carbocycles. The Labute approximate surface area is 178 Å². The Hall–Kier alpha value is -3.62. The molecular weight excluding hydrogens is 390 g/mol. The van der Waals surface area contributed by atoms with E-state index < -0.39 is 0 Å². The Morgan fingerprint density at radius 1 is 0.633 bits per heavy atom. The van der Waals surface area contributed by atoms with Crippen LogP contribution in [0, 0.1) is 0 Å². The average molecular weight is 406 g/mol. The SMILES string of the molecule is Clc1ccc(-c2ccc3c(ccc4ccc5nc(-c6ccccc6)oc5c43)c2)cc1. The minimum atomic E-state index is 0.646. The zero-order valence-electron chi connectivity index (χ0n) is 16.0. The zero-order chi connectivity index (χ0) is 20.1. The predicted octanol–water partition coefficient (Wildman–Crippen LogP) is 8.12. The molecule has 0 radical (unpaired) electrons. The van der Waals surface area contributed by atoms with Gasteiger partial charge in [0, 0.05) is 16.0 Å². The van der Waals surface area contributed by atoms with Crippen molar-refractivity contribution < 1.29 is 4.42 Å². The molecular formula is C27H16ClNO. The predicted molar refractivity (Wildman–Crippen MR) is 125 cm³/mol. The van der Waals surface area contributed by atoms with Crippen molar-refractivity contribution in [3.05, 3.63) is 102 Å². The molecule has 0 unspecified atom stereocenters. The van der Waals surface area contributed by atoms with Crippen LogP contribution in [0.25, 0.3) is 55.2 Å². The van der Waals surface area contributed by atoms with Gasteiger partial charge in [-0.2, -0.15) is 0 Å². The second-order valence-electron chi connectivity index (χ2n) is 7.41. The summed E-state index contributed by atoms with van der Waals surface area (Å²) in [7, 11) is 0. The second-order valence-corrected chi connectivity index (χ2v) is 7.84. The third-order valence-electron chi connectivity index (χ3n) is 5.55. The van der Waals surface area contributed by atoms with E-state index in [2.05, 4.69) is 36.4 Å². The fourth-order valence-corrected chi connectivity index (χ4v) is 4.18. The lowest BCUT2D eigenvalue weighted by Crippen LogP contribution is -1.82. The van der Waals surface area contributed by atoms with Crippen molar-refractivity contribution in [3.63, 3.8) is 0 Å². The van der Waals surface area contributed by atoms with Gasteiger partial charge in [-0.15, -0.1) is 0 Å². The number of halogens is 1. The highest BCUT2D eigenvalue weighted by Gasteiger charge is 2.13. The molecule has 0 aliphatic heterocycles. The third-order valence-corrected chi connectivity index (χ3v) is 5.80. The molecule has 1 aromatic heterocycles. The van der Waals surface area contributed by atoms with Crippen molar-refractivity contribution in [1.82, 2.24) is 4.98 Å². The van der Waals surface area contributed by atoms with Crippen LogP contribution in [0.3, 0.4) is 0 Å². The van der Waals surface area contributed by atoms with Crippen LogP contribution in [0.5, 0.6) is 0 Å². The van der Waals surface area contributed by atoms with Gasteiger partial charge in [-0.1, -0.05) is 72.3 Å². The Morgan fingerprint density at radius 2 is 1.37 bits per heavy atom. The molecule has 30 heavy (non-hydrogen) atoms. The zero-order valence-corrected chi connectivity index (χ0v) is 16.7. The molecule has 3 heteroatoms. The summed E-state index contributed by atoms with van der Waals surface area (Å²) in [5.74, 6) is 0.646. The smallest absolute Gasteiger partial charge is 0.227 e. The van der Waals surface area contributed by atoms with Crippen LogP contribution in [0.4, 0.5) is 0 Å². The summed E-state index contributed by atoms with van der Waals surface area (Å²) in [6.07, 6.45) is 0. The van der Waals surface area contributed by atoms with E-state index in [0.29, 0.717) is 5.89 Å². The third kappa shape index (κ3) is 2.77. The molecule has 0 aliphatic carbocycles. The van der Waals surface area contributed by atoms with Crippen LogP contribution in [-0.2, 0) is 0 Å². The van der Waals surface area contributed by atoms with Crippen molar-refractivity contribution in [2.24, 2.45) is 0 Å². The molecule has 1 heterocycles. The highest BCUT2D eigenvalue weighted by atomic mass is 35.5. The van der Waals surface area contributed by atoms with Gasteiger partial charge in [0.15, 0.2) is 5.58 Å². The number of aromatic nitrogens is 1. The lowest BCUT2D eigenvalue weighted by atomic mass is 9.97. The maximum absolute atomic E-state index is 6.28.